The van der Waals surface area contributed by atoms with Crippen LogP contribution in [0.4, 0.5) is 0 Å². The molecular weight excluding hydrogens is 519 g/mol. The molecule has 0 atom stereocenters. The zero-order chi connectivity index (χ0) is 22.2. The molecule has 1 fully saturated rings. The van der Waals surface area contributed by atoms with Gasteiger partial charge in [-0.05, 0) is 48.6 Å². The van der Waals surface area contributed by atoms with Crippen LogP contribution in [0.1, 0.15) is 29.5 Å². The molecular formula is C24H35IN4O3. The van der Waals surface area contributed by atoms with Crippen molar-refractivity contribution in [3.8, 4) is 17.2 Å². The number of ether oxygens (including phenoxy) is 2. The van der Waals surface area contributed by atoms with Crippen LogP contribution in [-0.2, 0) is 13.1 Å². The van der Waals surface area contributed by atoms with Gasteiger partial charge in [0.2, 0.25) is 5.75 Å². The van der Waals surface area contributed by atoms with Crippen molar-refractivity contribution in [2.45, 2.75) is 38.9 Å². The highest BCUT2D eigenvalue weighted by Gasteiger charge is 2.20. The number of piperidine rings is 1. The molecule has 32 heavy (non-hydrogen) atoms. The zero-order valence-corrected chi connectivity index (χ0v) is 21.7. The molecule has 0 saturated carbocycles. The van der Waals surface area contributed by atoms with E-state index in [1.54, 1.807) is 19.2 Å². The number of aliphatic imine (C=N–C) groups is 1. The van der Waals surface area contributed by atoms with Crippen LogP contribution in [0.2, 0.25) is 0 Å². The van der Waals surface area contributed by atoms with Crippen molar-refractivity contribution < 1.29 is 14.6 Å². The van der Waals surface area contributed by atoms with Crippen molar-refractivity contribution in [1.82, 2.24) is 15.5 Å². The van der Waals surface area contributed by atoms with Gasteiger partial charge in [0.1, 0.15) is 0 Å². The summed E-state index contributed by atoms with van der Waals surface area (Å²) in [5, 5.41) is 17.0. The standard InChI is InChI=1S/C24H34N4O3.HI/c1-17-7-5-6-8-19(17)16-28-11-9-20(10-12-28)27-24(25-2)26-15-18-13-21(30-3)23(29)22(14-18)31-4;/h5-8,13-14,20,29H,9-12,15-16H2,1-4H3,(H2,25,26,27);1H. The molecule has 8 heteroatoms. The lowest BCUT2D eigenvalue weighted by molar-refractivity contribution is 0.198. The first kappa shape index (κ1) is 26.1. The van der Waals surface area contributed by atoms with Crippen LogP contribution < -0.4 is 20.1 Å². The molecule has 2 aromatic carbocycles. The molecule has 176 valence electrons. The summed E-state index contributed by atoms with van der Waals surface area (Å²) in [6, 6.07) is 12.6. The number of aryl methyl sites for hydroxylation is 1. The Bertz CT molecular complexity index is 874. The molecule has 0 unspecified atom stereocenters. The second-order valence-corrected chi connectivity index (χ2v) is 7.90. The van der Waals surface area contributed by atoms with Crippen molar-refractivity contribution >= 4 is 29.9 Å². The number of hydrogen-bond acceptors (Lipinski definition) is 5. The molecule has 0 aromatic heterocycles. The van der Waals surface area contributed by atoms with E-state index in [1.807, 2.05) is 0 Å². The highest BCUT2D eigenvalue weighted by Crippen LogP contribution is 2.37. The van der Waals surface area contributed by atoms with E-state index < -0.39 is 0 Å². The maximum atomic E-state index is 10.1. The van der Waals surface area contributed by atoms with Crippen LogP contribution in [-0.4, -0.2) is 56.4 Å². The fourth-order valence-electron chi connectivity index (χ4n) is 3.89. The second kappa shape index (κ2) is 12.7. The zero-order valence-electron chi connectivity index (χ0n) is 19.4. The lowest BCUT2D eigenvalue weighted by Gasteiger charge is -2.33. The highest BCUT2D eigenvalue weighted by molar-refractivity contribution is 14.0. The maximum Gasteiger partial charge on any atom is 0.200 e. The molecule has 3 N–H and O–H groups in total. The molecule has 3 rings (SSSR count). The predicted octanol–water partition coefficient (Wildman–Crippen LogP) is 3.67. The molecule has 0 bridgehead atoms. The monoisotopic (exact) mass is 554 g/mol. The predicted molar refractivity (Wildman–Crippen MR) is 139 cm³/mol. The minimum Gasteiger partial charge on any atom is -0.502 e. The van der Waals surface area contributed by atoms with E-state index in [-0.39, 0.29) is 29.7 Å². The fraction of sp³-hybridized carbons (Fsp3) is 0.458. The molecule has 1 saturated heterocycles. The van der Waals surface area contributed by atoms with Crippen molar-refractivity contribution in [2.75, 3.05) is 34.4 Å². The first-order valence-corrected chi connectivity index (χ1v) is 10.7. The Kier molecular flexibility index (Phi) is 10.4. The average Bonchev–Trinajstić information content (AvgIpc) is 2.79. The molecule has 1 aliphatic heterocycles. The van der Waals surface area contributed by atoms with E-state index in [9.17, 15) is 5.11 Å². The Morgan fingerprint density at radius 3 is 2.31 bits per heavy atom. The lowest BCUT2D eigenvalue weighted by atomic mass is 10.0. The molecule has 0 amide bonds. The van der Waals surface area contributed by atoms with Crippen molar-refractivity contribution in [2.24, 2.45) is 4.99 Å². The highest BCUT2D eigenvalue weighted by atomic mass is 127. The SMILES string of the molecule is CN=C(NCc1cc(OC)c(O)c(OC)c1)NC1CCN(Cc2ccccc2C)CC1.I. The Morgan fingerprint density at radius 1 is 1.12 bits per heavy atom. The van der Waals surface area contributed by atoms with Crippen molar-refractivity contribution in [3.63, 3.8) is 0 Å². The van der Waals surface area contributed by atoms with Crippen molar-refractivity contribution in [3.05, 3.63) is 53.1 Å². The summed E-state index contributed by atoms with van der Waals surface area (Å²) < 4.78 is 10.5. The summed E-state index contributed by atoms with van der Waals surface area (Å²) in [7, 11) is 4.83. The Balaban J connectivity index is 0.00000363. The van der Waals surface area contributed by atoms with Gasteiger partial charge in [-0.15, -0.1) is 24.0 Å². The van der Waals surface area contributed by atoms with E-state index >= 15 is 0 Å². The topological polar surface area (TPSA) is 78.4 Å². The second-order valence-electron chi connectivity index (χ2n) is 7.90. The quantitative estimate of drug-likeness (QED) is 0.276. The van der Waals surface area contributed by atoms with E-state index in [0.717, 1.165) is 44.0 Å². The van der Waals surface area contributed by atoms with Crippen LogP contribution in [0.3, 0.4) is 0 Å². The normalized spacial score (nSPS) is 15.1. The summed E-state index contributed by atoms with van der Waals surface area (Å²) in [5.41, 5.74) is 3.70. The number of benzene rings is 2. The lowest BCUT2D eigenvalue weighted by Crippen LogP contribution is -2.48. The van der Waals surface area contributed by atoms with Gasteiger partial charge in [-0.25, -0.2) is 0 Å². The van der Waals surface area contributed by atoms with Crippen LogP contribution in [0, 0.1) is 6.92 Å². The van der Waals surface area contributed by atoms with Gasteiger partial charge in [-0.2, -0.15) is 0 Å². The third kappa shape index (κ3) is 6.90. The molecule has 7 nitrogen and oxygen atoms in total. The van der Waals surface area contributed by atoms with Gasteiger partial charge in [0.15, 0.2) is 17.5 Å². The summed E-state index contributed by atoms with van der Waals surface area (Å²) in [5.74, 6) is 1.55. The number of hydrogen-bond donors (Lipinski definition) is 3. The number of rotatable bonds is 7. The summed E-state index contributed by atoms with van der Waals surface area (Å²) in [4.78, 5) is 6.89. The Labute approximate surface area is 208 Å². The number of methoxy groups -OCH3 is 2. The largest absolute Gasteiger partial charge is 0.502 e. The smallest absolute Gasteiger partial charge is 0.200 e. The fourth-order valence-corrected chi connectivity index (χ4v) is 3.89. The van der Waals surface area contributed by atoms with Crippen molar-refractivity contribution in [1.29, 1.82) is 0 Å². The summed E-state index contributed by atoms with van der Waals surface area (Å²) in [6.45, 7) is 5.86. The average molecular weight is 554 g/mol. The van der Waals surface area contributed by atoms with Crippen LogP contribution in [0.25, 0.3) is 0 Å². The van der Waals surface area contributed by atoms with Gasteiger partial charge in [-0.3, -0.25) is 9.89 Å². The molecule has 2 aromatic rings. The number of aromatic hydroxyl groups is 1. The van der Waals surface area contributed by atoms with Crippen LogP contribution in [0.5, 0.6) is 17.2 Å². The third-order valence-corrected chi connectivity index (χ3v) is 5.81. The number of likely N-dealkylation sites (tertiary alicyclic amines) is 1. The molecule has 0 aliphatic carbocycles. The van der Waals surface area contributed by atoms with Gasteiger partial charge in [-0.1, -0.05) is 24.3 Å². The number of guanidine groups is 1. The summed E-state index contributed by atoms with van der Waals surface area (Å²) in [6.07, 6.45) is 2.15. The van der Waals surface area contributed by atoms with Gasteiger partial charge in [0.25, 0.3) is 0 Å². The van der Waals surface area contributed by atoms with E-state index in [2.05, 4.69) is 51.7 Å². The molecule has 1 heterocycles. The van der Waals surface area contributed by atoms with E-state index in [1.165, 1.54) is 25.3 Å². The van der Waals surface area contributed by atoms with Gasteiger partial charge in [0.05, 0.1) is 14.2 Å². The first-order chi connectivity index (χ1) is 15.0. The Hall–Kier alpha value is -2.20. The van der Waals surface area contributed by atoms with Gasteiger partial charge in [0, 0.05) is 39.3 Å². The van der Waals surface area contributed by atoms with E-state index in [4.69, 9.17) is 9.47 Å². The number of nitrogens with zero attached hydrogens (tertiary/aromatic N) is 2. The third-order valence-electron chi connectivity index (χ3n) is 5.81. The maximum absolute atomic E-state index is 10.1. The minimum atomic E-state index is 0. The Morgan fingerprint density at radius 2 is 1.75 bits per heavy atom. The molecule has 1 aliphatic rings. The minimum absolute atomic E-state index is 0. The number of phenolic OH excluding ortho intramolecular Hbond substituents is 1. The first-order valence-electron chi connectivity index (χ1n) is 10.7. The van der Waals surface area contributed by atoms with Gasteiger partial charge >= 0.3 is 0 Å². The van der Waals surface area contributed by atoms with Crippen LogP contribution in [0.15, 0.2) is 41.4 Å². The van der Waals surface area contributed by atoms with Crippen LogP contribution >= 0.6 is 24.0 Å². The number of nitrogens with one attached hydrogen (secondary N) is 2. The number of phenols is 1. The van der Waals surface area contributed by atoms with E-state index in [0.29, 0.717) is 24.1 Å². The molecule has 0 spiro atoms. The summed E-state index contributed by atoms with van der Waals surface area (Å²) >= 11 is 0. The van der Waals surface area contributed by atoms with Gasteiger partial charge < -0.3 is 25.2 Å². The number of halogens is 1. The molecule has 0 radical (unpaired) electrons.